The lowest BCUT2D eigenvalue weighted by atomic mass is 10.0. The number of hydrogen-bond donors (Lipinski definition) is 1. The molecule has 1 aliphatic rings. The van der Waals surface area contributed by atoms with Crippen LogP contribution >= 0.6 is 0 Å². The summed E-state index contributed by atoms with van der Waals surface area (Å²) < 4.78 is 11.0. The van der Waals surface area contributed by atoms with Gasteiger partial charge in [0.2, 0.25) is 0 Å². The van der Waals surface area contributed by atoms with E-state index >= 15 is 0 Å². The summed E-state index contributed by atoms with van der Waals surface area (Å²) in [5, 5.41) is 3.03. The van der Waals surface area contributed by atoms with Gasteiger partial charge in [0.05, 0.1) is 31.9 Å². The molecule has 3 rings (SSSR count). The minimum atomic E-state index is -0.124. The highest BCUT2D eigenvalue weighted by Gasteiger charge is 2.25. The Bertz CT molecular complexity index is 687. The number of nitrogens with zero attached hydrogens (tertiary/aromatic N) is 2. The maximum absolute atomic E-state index is 12.4. The Balaban J connectivity index is 1.78. The van der Waals surface area contributed by atoms with Gasteiger partial charge in [-0.15, -0.1) is 0 Å². The fourth-order valence-electron chi connectivity index (χ4n) is 3.06. The Kier molecular flexibility index (Phi) is 5.98. The van der Waals surface area contributed by atoms with Crippen molar-refractivity contribution in [2.45, 2.75) is 6.04 Å². The molecule has 6 heteroatoms. The average molecular weight is 341 g/mol. The van der Waals surface area contributed by atoms with Crippen molar-refractivity contribution < 1.29 is 14.3 Å². The molecular formula is C19H23N3O3. The van der Waals surface area contributed by atoms with Crippen molar-refractivity contribution in [3.63, 3.8) is 0 Å². The largest absolute Gasteiger partial charge is 0.496 e. The number of benzene rings is 1. The molecule has 0 saturated carbocycles. The summed E-state index contributed by atoms with van der Waals surface area (Å²) in [5.74, 6) is 0.705. The number of ether oxygens (including phenoxy) is 2. The second kappa shape index (κ2) is 8.60. The van der Waals surface area contributed by atoms with Gasteiger partial charge in [-0.3, -0.25) is 14.7 Å². The van der Waals surface area contributed by atoms with Crippen LogP contribution in [0.5, 0.6) is 5.75 Å². The van der Waals surface area contributed by atoms with Crippen LogP contribution in [0.4, 0.5) is 0 Å². The van der Waals surface area contributed by atoms with Crippen LogP contribution in [0, 0.1) is 0 Å². The second-order valence-corrected chi connectivity index (χ2v) is 5.86. The van der Waals surface area contributed by atoms with Crippen LogP contribution in [0.15, 0.2) is 48.8 Å². The van der Waals surface area contributed by atoms with Gasteiger partial charge in [0, 0.05) is 37.6 Å². The molecule has 132 valence electrons. The van der Waals surface area contributed by atoms with E-state index < -0.39 is 0 Å². The molecule has 0 aliphatic carbocycles. The Hall–Kier alpha value is -2.44. The SMILES string of the molecule is COc1ccccc1C(CNC(=O)c1cccnc1)N1CCOCC1. The van der Waals surface area contributed by atoms with E-state index in [1.807, 2.05) is 18.2 Å². The number of morpholine rings is 1. The molecular weight excluding hydrogens is 318 g/mol. The zero-order valence-electron chi connectivity index (χ0n) is 14.4. The van der Waals surface area contributed by atoms with E-state index in [0.29, 0.717) is 25.3 Å². The molecule has 2 aromatic rings. The van der Waals surface area contributed by atoms with Gasteiger partial charge < -0.3 is 14.8 Å². The molecule has 2 heterocycles. The van der Waals surface area contributed by atoms with Crippen molar-refractivity contribution in [3.05, 3.63) is 59.9 Å². The molecule has 1 aliphatic heterocycles. The average Bonchev–Trinajstić information content (AvgIpc) is 2.70. The van der Waals surface area contributed by atoms with Gasteiger partial charge in [0.1, 0.15) is 5.75 Å². The predicted molar refractivity (Wildman–Crippen MR) is 94.7 cm³/mol. The number of amides is 1. The lowest BCUT2D eigenvalue weighted by Gasteiger charge is -2.35. The van der Waals surface area contributed by atoms with Gasteiger partial charge in [-0.1, -0.05) is 18.2 Å². The van der Waals surface area contributed by atoms with Crippen LogP contribution < -0.4 is 10.1 Å². The number of carbonyl (C=O) groups is 1. The number of hydrogen-bond acceptors (Lipinski definition) is 5. The van der Waals surface area contributed by atoms with E-state index in [2.05, 4.69) is 21.3 Å². The van der Waals surface area contributed by atoms with Crippen molar-refractivity contribution in [1.29, 1.82) is 0 Å². The topological polar surface area (TPSA) is 63.7 Å². The molecule has 25 heavy (non-hydrogen) atoms. The molecule has 1 unspecified atom stereocenters. The fraction of sp³-hybridized carbons (Fsp3) is 0.368. The highest BCUT2D eigenvalue weighted by atomic mass is 16.5. The monoisotopic (exact) mass is 341 g/mol. The Morgan fingerprint density at radius 2 is 2.08 bits per heavy atom. The lowest BCUT2D eigenvalue weighted by molar-refractivity contribution is 0.0157. The summed E-state index contributed by atoms with van der Waals surface area (Å²) in [7, 11) is 1.67. The van der Waals surface area contributed by atoms with E-state index in [0.717, 1.165) is 24.4 Å². The van der Waals surface area contributed by atoms with E-state index in [-0.39, 0.29) is 11.9 Å². The number of rotatable bonds is 6. The third-order valence-electron chi connectivity index (χ3n) is 4.36. The smallest absolute Gasteiger partial charge is 0.252 e. The van der Waals surface area contributed by atoms with Gasteiger partial charge in [0.25, 0.3) is 5.91 Å². The first kappa shape index (κ1) is 17.4. The van der Waals surface area contributed by atoms with Crippen LogP contribution in [-0.2, 0) is 4.74 Å². The molecule has 1 aromatic carbocycles. The van der Waals surface area contributed by atoms with Crippen LogP contribution in [0.3, 0.4) is 0 Å². The zero-order chi connectivity index (χ0) is 17.5. The van der Waals surface area contributed by atoms with Crippen LogP contribution in [0.25, 0.3) is 0 Å². The summed E-state index contributed by atoms with van der Waals surface area (Å²) in [4.78, 5) is 18.7. The summed E-state index contributed by atoms with van der Waals surface area (Å²) >= 11 is 0. The molecule has 1 atom stereocenters. The Morgan fingerprint density at radius 1 is 1.28 bits per heavy atom. The number of para-hydroxylation sites is 1. The van der Waals surface area contributed by atoms with Gasteiger partial charge in [-0.25, -0.2) is 0 Å². The van der Waals surface area contributed by atoms with Crippen LogP contribution in [0.2, 0.25) is 0 Å². The van der Waals surface area contributed by atoms with Crippen LogP contribution in [-0.4, -0.2) is 55.7 Å². The van der Waals surface area contributed by atoms with Crippen LogP contribution in [0.1, 0.15) is 22.0 Å². The van der Waals surface area contributed by atoms with E-state index in [1.165, 1.54) is 0 Å². The van der Waals surface area contributed by atoms with Crippen molar-refractivity contribution in [3.8, 4) is 5.75 Å². The molecule has 0 spiro atoms. The van der Waals surface area contributed by atoms with Gasteiger partial charge in [-0.05, 0) is 18.2 Å². The second-order valence-electron chi connectivity index (χ2n) is 5.86. The molecule has 1 fully saturated rings. The molecule has 1 N–H and O–H groups in total. The number of nitrogens with one attached hydrogen (secondary N) is 1. The summed E-state index contributed by atoms with van der Waals surface area (Å²) in [6.07, 6.45) is 3.23. The molecule has 6 nitrogen and oxygen atoms in total. The fourth-order valence-corrected chi connectivity index (χ4v) is 3.06. The van der Waals surface area contributed by atoms with Gasteiger partial charge >= 0.3 is 0 Å². The Morgan fingerprint density at radius 3 is 2.80 bits per heavy atom. The lowest BCUT2D eigenvalue weighted by Crippen LogP contribution is -2.44. The third-order valence-corrected chi connectivity index (χ3v) is 4.36. The first-order chi connectivity index (χ1) is 12.3. The first-order valence-corrected chi connectivity index (χ1v) is 8.42. The van der Waals surface area contributed by atoms with E-state index in [1.54, 1.807) is 31.6 Å². The normalized spacial score (nSPS) is 16.2. The zero-order valence-corrected chi connectivity index (χ0v) is 14.4. The van der Waals surface area contributed by atoms with Crippen molar-refractivity contribution in [2.24, 2.45) is 0 Å². The van der Waals surface area contributed by atoms with Gasteiger partial charge in [-0.2, -0.15) is 0 Å². The van der Waals surface area contributed by atoms with Crippen molar-refractivity contribution in [2.75, 3.05) is 40.0 Å². The quantitative estimate of drug-likeness (QED) is 0.869. The first-order valence-electron chi connectivity index (χ1n) is 8.42. The van der Waals surface area contributed by atoms with E-state index in [9.17, 15) is 4.79 Å². The van der Waals surface area contributed by atoms with Gasteiger partial charge in [0.15, 0.2) is 0 Å². The summed E-state index contributed by atoms with van der Waals surface area (Å²) in [6, 6.07) is 11.5. The maximum Gasteiger partial charge on any atom is 0.252 e. The van der Waals surface area contributed by atoms with Crippen molar-refractivity contribution in [1.82, 2.24) is 15.2 Å². The Labute approximate surface area is 147 Å². The molecule has 1 saturated heterocycles. The highest BCUT2D eigenvalue weighted by molar-refractivity contribution is 5.93. The number of pyridine rings is 1. The minimum absolute atomic E-state index is 0.0284. The molecule has 1 aromatic heterocycles. The molecule has 0 radical (unpaired) electrons. The number of carbonyl (C=O) groups excluding carboxylic acids is 1. The summed E-state index contributed by atoms with van der Waals surface area (Å²) in [5.41, 5.74) is 1.63. The van der Waals surface area contributed by atoms with E-state index in [4.69, 9.17) is 9.47 Å². The maximum atomic E-state index is 12.4. The summed E-state index contributed by atoms with van der Waals surface area (Å²) in [6.45, 7) is 3.54. The molecule has 1 amide bonds. The minimum Gasteiger partial charge on any atom is -0.496 e. The predicted octanol–water partition coefficient (Wildman–Crippen LogP) is 1.89. The molecule has 0 bridgehead atoms. The number of methoxy groups -OCH3 is 1. The highest BCUT2D eigenvalue weighted by Crippen LogP contribution is 2.29. The number of aromatic nitrogens is 1. The standard InChI is InChI=1S/C19H23N3O3/c1-24-18-7-3-2-6-16(18)17(22-9-11-25-12-10-22)14-21-19(23)15-5-4-8-20-13-15/h2-8,13,17H,9-12,14H2,1H3,(H,21,23). The third kappa shape index (κ3) is 4.35. The van der Waals surface area contributed by atoms with Crippen molar-refractivity contribution >= 4 is 5.91 Å².